The van der Waals surface area contributed by atoms with Crippen LogP contribution in [0.25, 0.3) is 0 Å². The molecule has 0 aromatic rings. The molecule has 2 atom stereocenters. The van der Waals surface area contributed by atoms with Crippen LogP contribution in [-0.4, -0.2) is 17.9 Å². The number of ether oxygens (including phenoxy) is 1. The van der Waals surface area contributed by atoms with Crippen LogP contribution in [0.5, 0.6) is 0 Å². The molecule has 3 nitrogen and oxygen atoms in total. The van der Waals surface area contributed by atoms with E-state index in [1.807, 2.05) is 6.92 Å². The van der Waals surface area contributed by atoms with Crippen molar-refractivity contribution in [1.29, 1.82) is 0 Å². The Morgan fingerprint density at radius 2 is 2.18 bits per heavy atom. The number of hydrogen-bond donors (Lipinski definition) is 0. The second-order valence-electron chi connectivity index (χ2n) is 2.88. The van der Waals surface area contributed by atoms with E-state index in [1.54, 1.807) is 6.92 Å². The van der Waals surface area contributed by atoms with Crippen LogP contribution in [0.1, 0.15) is 26.7 Å². The Balaban J connectivity index is 2.67. The summed E-state index contributed by atoms with van der Waals surface area (Å²) in [6.07, 6.45) is 0.715. The van der Waals surface area contributed by atoms with Crippen LogP contribution in [0.3, 0.4) is 0 Å². The lowest BCUT2D eigenvalue weighted by Gasteiger charge is -2.23. The number of rotatable bonds is 1. The summed E-state index contributed by atoms with van der Waals surface area (Å²) in [7, 11) is 0. The normalized spacial score (nSPS) is 31.8. The zero-order valence-electron chi connectivity index (χ0n) is 6.79. The van der Waals surface area contributed by atoms with Crippen LogP contribution >= 0.6 is 0 Å². The zero-order chi connectivity index (χ0) is 8.43. The van der Waals surface area contributed by atoms with Crippen molar-refractivity contribution in [2.45, 2.75) is 32.8 Å². The van der Waals surface area contributed by atoms with Crippen molar-refractivity contribution in [3.63, 3.8) is 0 Å². The van der Waals surface area contributed by atoms with E-state index >= 15 is 0 Å². The second kappa shape index (κ2) is 3.03. The largest absolute Gasteiger partial charge is 0.462 e. The third-order valence-electron chi connectivity index (χ3n) is 1.89. The maximum atomic E-state index is 11.1. The fourth-order valence-corrected chi connectivity index (χ4v) is 1.27. The van der Waals surface area contributed by atoms with Gasteiger partial charge in [-0.05, 0) is 13.3 Å². The lowest BCUT2D eigenvalue weighted by molar-refractivity contribution is -0.163. The van der Waals surface area contributed by atoms with Crippen LogP contribution in [0.4, 0.5) is 0 Å². The molecule has 0 N–H and O–H groups in total. The van der Waals surface area contributed by atoms with E-state index in [1.165, 1.54) is 0 Å². The number of hydrogen-bond acceptors (Lipinski definition) is 3. The van der Waals surface area contributed by atoms with Gasteiger partial charge in [-0.1, -0.05) is 6.92 Å². The average molecular weight is 156 g/mol. The summed E-state index contributed by atoms with van der Waals surface area (Å²) in [6.45, 7) is 3.56. The summed E-state index contributed by atoms with van der Waals surface area (Å²) in [5.41, 5.74) is 0. The first kappa shape index (κ1) is 8.24. The van der Waals surface area contributed by atoms with Crippen molar-refractivity contribution < 1.29 is 14.3 Å². The summed E-state index contributed by atoms with van der Waals surface area (Å²) in [6, 6.07) is 0. The molecule has 0 saturated carbocycles. The van der Waals surface area contributed by atoms with E-state index in [-0.39, 0.29) is 17.9 Å². The Morgan fingerprint density at radius 3 is 2.64 bits per heavy atom. The van der Waals surface area contributed by atoms with Gasteiger partial charge in [0.2, 0.25) is 0 Å². The van der Waals surface area contributed by atoms with Gasteiger partial charge in [-0.25, -0.2) is 0 Å². The lowest BCUT2D eigenvalue weighted by atomic mass is 9.94. The lowest BCUT2D eigenvalue weighted by Crippen LogP contribution is -2.36. The molecule has 0 aliphatic carbocycles. The highest BCUT2D eigenvalue weighted by Crippen LogP contribution is 2.18. The molecule has 3 heteroatoms. The molecule has 1 aliphatic rings. The predicted octanol–water partition coefficient (Wildman–Crippen LogP) is 0.917. The number of ketones is 1. The van der Waals surface area contributed by atoms with E-state index in [0.29, 0.717) is 12.8 Å². The first-order valence-electron chi connectivity index (χ1n) is 3.88. The fraction of sp³-hybridized carbons (Fsp3) is 0.750. The average Bonchev–Trinajstić information content (AvgIpc) is 1.85. The molecule has 0 spiro atoms. The highest BCUT2D eigenvalue weighted by molar-refractivity contribution is 6.00. The molecule has 0 radical (unpaired) electrons. The van der Waals surface area contributed by atoms with Gasteiger partial charge in [0.25, 0.3) is 0 Å². The number of esters is 1. The van der Waals surface area contributed by atoms with Crippen molar-refractivity contribution >= 4 is 11.8 Å². The van der Waals surface area contributed by atoms with Gasteiger partial charge in [-0.2, -0.15) is 0 Å². The Kier molecular flexibility index (Phi) is 2.27. The van der Waals surface area contributed by atoms with Crippen molar-refractivity contribution in [2.24, 2.45) is 5.92 Å². The number of cyclic esters (lactones) is 1. The highest BCUT2D eigenvalue weighted by atomic mass is 16.5. The molecule has 0 bridgehead atoms. The van der Waals surface area contributed by atoms with E-state index in [2.05, 4.69) is 0 Å². The van der Waals surface area contributed by atoms with Gasteiger partial charge in [0.05, 0.1) is 0 Å². The second-order valence-corrected chi connectivity index (χ2v) is 2.88. The molecule has 1 unspecified atom stereocenters. The quantitative estimate of drug-likeness (QED) is 0.418. The number of Topliss-reactive ketones (excluding diaryl/α,β-unsaturated/α-hetero) is 1. The monoisotopic (exact) mass is 156 g/mol. The Bertz CT molecular complexity index is 168. The molecule has 1 fully saturated rings. The number of carbonyl (C=O) groups excluding carboxylic acids is 2. The standard InChI is InChI=1S/C8H12O3/c1-3-6-7(9)4-5(2)11-8(6)10/h5-6H,3-4H2,1-2H3/t5-,6?/m1/s1. The van der Waals surface area contributed by atoms with Crippen LogP contribution in [0.2, 0.25) is 0 Å². The van der Waals surface area contributed by atoms with Crippen LogP contribution in [0, 0.1) is 5.92 Å². The molecular weight excluding hydrogens is 144 g/mol. The molecular formula is C8H12O3. The summed E-state index contributed by atoms with van der Waals surface area (Å²) >= 11 is 0. The first-order chi connectivity index (χ1) is 5.15. The minimum Gasteiger partial charge on any atom is -0.462 e. The van der Waals surface area contributed by atoms with Crippen molar-refractivity contribution in [2.75, 3.05) is 0 Å². The van der Waals surface area contributed by atoms with Gasteiger partial charge < -0.3 is 4.74 Å². The van der Waals surface area contributed by atoms with E-state index in [4.69, 9.17) is 4.74 Å². The van der Waals surface area contributed by atoms with Crippen LogP contribution in [0.15, 0.2) is 0 Å². The van der Waals surface area contributed by atoms with Gasteiger partial charge in [-0.3, -0.25) is 9.59 Å². The van der Waals surface area contributed by atoms with E-state index in [0.717, 1.165) is 0 Å². The van der Waals surface area contributed by atoms with Gasteiger partial charge in [0, 0.05) is 6.42 Å². The zero-order valence-corrected chi connectivity index (χ0v) is 6.79. The minimum absolute atomic E-state index is 0.0243. The summed E-state index contributed by atoms with van der Waals surface area (Å²) in [4.78, 5) is 22.1. The predicted molar refractivity (Wildman–Crippen MR) is 39.0 cm³/mol. The number of carbonyl (C=O) groups is 2. The minimum atomic E-state index is -0.494. The third-order valence-corrected chi connectivity index (χ3v) is 1.89. The van der Waals surface area contributed by atoms with Gasteiger partial charge >= 0.3 is 5.97 Å². The Labute approximate surface area is 65.7 Å². The smallest absolute Gasteiger partial charge is 0.316 e. The molecule has 1 heterocycles. The molecule has 1 aliphatic heterocycles. The van der Waals surface area contributed by atoms with Gasteiger partial charge in [0.15, 0.2) is 5.78 Å². The van der Waals surface area contributed by atoms with Crippen molar-refractivity contribution in [3.8, 4) is 0 Å². The van der Waals surface area contributed by atoms with Crippen molar-refractivity contribution in [1.82, 2.24) is 0 Å². The molecule has 11 heavy (non-hydrogen) atoms. The molecule has 0 amide bonds. The van der Waals surface area contributed by atoms with E-state index < -0.39 is 5.92 Å². The summed E-state index contributed by atoms with van der Waals surface area (Å²) in [5, 5.41) is 0. The fourth-order valence-electron chi connectivity index (χ4n) is 1.27. The van der Waals surface area contributed by atoms with Crippen LogP contribution in [-0.2, 0) is 14.3 Å². The van der Waals surface area contributed by atoms with Gasteiger partial charge in [-0.15, -0.1) is 0 Å². The summed E-state index contributed by atoms with van der Waals surface area (Å²) < 4.78 is 4.90. The van der Waals surface area contributed by atoms with Gasteiger partial charge in [0.1, 0.15) is 12.0 Å². The maximum Gasteiger partial charge on any atom is 0.316 e. The highest BCUT2D eigenvalue weighted by Gasteiger charge is 2.33. The van der Waals surface area contributed by atoms with Crippen LogP contribution < -0.4 is 0 Å². The molecule has 1 saturated heterocycles. The summed E-state index contributed by atoms with van der Waals surface area (Å²) in [5.74, 6) is -0.821. The molecule has 1 rings (SSSR count). The SMILES string of the molecule is CCC1C(=O)C[C@@H](C)OC1=O. The third kappa shape index (κ3) is 1.59. The molecule has 0 aromatic heterocycles. The Hall–Kier alpha value is -0.860. The maximum absolute atomic E-state index is 11.1. The molecule has 62 valence electrons. The molecule has 0 aromatic carbocycles. The Morgan fingerprint density at radius 1 is 1.55 bits per heavy atom. The first-order valence-corrected chi connectivity index (χ1v) is 3.88. The van der Waals surface area contributed by atoms with E-state index in [9.17, 15) is 9.59 Å². The van der Waals surface area contributed by atoms with Crippen molar-refractivity contribution in [3.05, 3.63) is 0 Å². The topological polar surface area (TPSA) is 43.4 Å².